The quantitative estimate of drug-likeness (QED) is 0.872. The van der Waals surface area contributed by atoms with Crippen LogP contribution in [-0.2, 0) is 20.1 Å². The maximum atomic E-state index is 4.15. The standard InChI is InChI=1S/C14H19N3/c1-11-6-12(2)8-13(7-11)9-15-10-14-4-5-16-17(14)3/h4-8,15H,9-10H2,1-3H3. The van der Waals surface area contributed by atoms with E-state index in [-0.39, 0.29) is 0 Å². The molecule has 17 heavy (non-hydrogen) atoms. The first-order chi connectivity index (χ1) is 8.15. The van der Waals surface area contributed by atoms with Gasteiger partial charge < -0.3 is 5.32 Å². The molecule has 0 aliphatic rings. The van der Waals surface area contributed by atoms with Gasteiger partial charge in [0.2, 0.25) is 0 Å². The van der Waals surface area contributed by atoms with Crippen molar-refractivity contribution in [2.75, 3.05) is 0 Å². The van der Waals surface area contributed by atoms with Gasteiger partial charge in [0.1, 0.15) is 0 Å². The van der Waals surface area contributed by atoms with Crippen molar-refractivity contribution in [3.8, 4) is 0 Å². The minimum absolute atomic E-state index is 0.851. The SMILES string of the molecule is Cc1cc(C)cc(CNCc2ccnn2C)c1. The molecule has 1 aromatic heterocycles. The van der Waals surface area contributed by atoms with E-state index in [0.717, 1.165) is 13.1 Å². The van der Waals surface area contributed by atoms with Crippen LogP contribution in [0.25, 0.3) is 0 Å². The predicted octanol–water partition coefficient (Wildman–Crippen LogP) is 2.33. The first kappa shape index (κ1) is 11.9. The van der Waals surface area contributed by atoms with Crippen molar-refractivity contribution in [2.45, 2.75) is 26.9 Å². The molecule has 3 nitrogen and oxygen atoms in total. The predicted molar refractivity (Wildman–Crippen MR) is 69.7 cm³/mol. The Bertz CT molecular complexity index is 480. The average Bonchev–Trinajstić information content (AvgIpc) is 2.63. The molecule has 0 saturated heterocycles. The van der Waals surface area contributed by atoms with Crippen LogP contribution in [0.2, 0.25) is 0 Å². The summed E-state index contributed by atoms with van der Waals surface area (Å²) >= 11 is 0. The normalized spacial score (nSPS) is 10.8. The van der Waals surface area contributed by atoms with Crippen LogP contribution in [0.1, 0.15) is 22.4 Å². The molecule has 90 valence electrons. The van der Waals surface area contributed by atoms with Crippen molar-refractivity contribution >= 4 is 0 Å². The summed E-state index contributed by atoms with van der Waals surface area (Å²) in [6.45, 7) is 6.02. The van der Waals surface area contributed by atoms with Gasteiger partial charge in [0.25, 0.3) is 0 Å². The largest absolute Gasteiger partial charge is 0.307 e. The molecule has 0 spiro atoms. The molecule has 0 radical (unpaired) electrons. The highest BCUT2D eigenvalue weighted by Gasteiger charge is 1.99. The van der Waals surface area contributed by atoms with E-state index < -0.39 is 0 Å². The third-order valence-electron chi connectivity index (χ3n) is 2.84. The zero-order valence-electron chi connectivity index (χ0n) is 10.7. The van der Waals surface area contributed by atoms with Gasteiger partial charge in [-0.05, 0) is 25.5 Å². The van der Waals surface area contributed by atoms with Gasteiger partial charge in [-0.3, -0.25) is 4.68 Å². The molecule has 0 atom stereocenters. The Balaban J connectivity index is 1.92. The molecule has 0 bridgehead atoms. The van der Waals surface area contributed by atoms with E-state index in [0.29, 0.717) is 0 Å². The summed E-state index contributed by atoms with van der Waals surface area (Å²) in [5.74, 6) is 0. The number of hydrogen-bond acceptors (Lipinski definition) is 2. The van der Waals surface area contributed by atoms with Crippen molar-refractivity contribution in [3.05, 3.63) is 52.8 Å². The number of rotatable bonds is 4. The minimum atomic E-state index is 0.851. The zero-order chi connectivity index (χ0) is 12.3. The number of nitrogens with one attached hydrogen (secondary N) is 1. The molecule has 2 aromatic rings. The Morgan fingerprint density at radius 2 is 1.82 bits per heavy atom. The van der Waals surface area contributed by atoms with E-state index in [9.17, 15) is 0 Å². The van der Waals surface area contributed by atoms with Crippen molar-refractivity contribution in [2.24, 2.45) is 7.05 Å². The Kier molecular flexibility index (Phi) is 3.59. The van der Waals surface area contributed by atoms with Crippen molar-refractivity contribution < 1.29 is 0 Å². The van der Waals surface area contributed by atoms with Gasteiger partial charge >= 0.3 is 0 Å². The van der Waals surface area contributed by atoms with E-state index in [1.807, 2.05) is 24.0 Å². The van der Waals surface area contributed by atoms with Gasteiger partial charge in [-0.2, -0.15) is 5.10 Å². The third kappa shape index (κ3) is 3.17. The van der Waals surface area contributed by atoms with E-state index in [2.05, 4.69) is 42.5 Å². The van der Waals surface area contributed by atoms with Crippen molar-refractivity contribution in [1.29, 1.82) is 0 Å². The van der Waals surface area contributed by atoms with Crippen LogP contribution in [0.5, 0.6) is 0 Å². The molecule has 1 aromatic carbocycles. The van der Waals surface area contributed by atoms with Crippen LogP contribution in [0.4, 0.5) is 0 Å². The molecule has 1 heterocycles. The van der Waals surface area contributed by atoms with Crippen molar-refractivity contribution in [3.63, 3.8) is 0 Å². The monoisotopic (exact) mass is 229 g/mol. The summed E-state index contributed by atoms with van der Waals surface area (Å²) in [6.07, 6.45) is 1.83. The highest BCUT2D eigenvalue weighted by atomic mass is 15.3. The molecule has 0 aliphatic heterocycles. The fourth-order valence-electron chi connectivity index (χ4n) is 2.08. The summed E-state index contributed by atoms with van der Waals surface area (Å²) < 4.78 is 1.90. The lowest BCUT2D eigenvalue weighted by molar-refractivity contribution is 0.626. The summed E-state index contributed by atoms with van der Waals surface area (Å²) in [7, 11) is 1.97. The fourth-order valence-corrected chi connectivity index (χ4v) is 2.08. The second-order valence-electron chi connectivity index (χ2n) is 4.55. The van der Waals surface area contributed by atoms with Crippen LogP contribution in [0.3, 0.4) is 0 Å². The van der Waals surface area contributed by atoms with Crippen LogP contribution < -0.4 is 5.32 Å². The molecule has 2 rings (SSSR count). The minimum Gasteiger partial charge on any atom is -0.307 e. The lowest BCUT2D eigenvalue weighted by Crippen LogP contribution is -2.15. The molecule has 1 N–H and O–H groups in total. The van der Waals surface area contributed by atoms with Crippen LogP contribution >= 0.6 is 0 Å². The van der Waals surface area contributed by atoms with E-state index >= 15 is 0 Å². The molecule has 0 amide bonds. The second kappa shape index (κ2) is 5.15. The Morgan fingerprint density at radius 3 is 2.41 bits per heavy atom. The van der Waals surface area contributed by atoms with Gasteiger partial charge in [0.05, 0.1) is 5.69 Å². The molecular weight excluding hydrogens is 210 g/mol. The van der Waals surface area contributed by atoms with Gasteiger partial charge in [0.15, 0.2) is 0 Å². The zero-order valence-corrected chi connectivity index (χ0v) is 10.7. The maximum Gasteiger partial charge on any atom is 0.0518 e. The van der Waals surface area contributed by atoms with E-state index in [1.165, 1.54) is 22.4 Å². The second-order valence-corrected chi connectivity index (χ2v) is 4.55. The number of aryl methyl sites for hydroxylation is 3. The van der Waals surface area contributed by atoms with E-state index in [1.54, 1.807) is 0 Å². The lowest BCUT2D eigenvalue weighted by atomic mass is 10.1. The van der Waals surface area contributed by atoms with Crippen LogP contribution in [0, 0.1) is 13.8 Å². The Morgan fingerprint density at radius 1 is 1.12 bits per heavy atom. The molecule has 0 fully saturated rings. The number of hydrogen-bond donors (Lipinski definition) is 1. The van der Waals surface area contributed by atoms with Gasteiger partial charge in [-0.1, -0.05) is 29.3 Å². The topological polar surface area (TPSA) is 29.9 Å². The number of benzene rings is 1. The molecule has 0 unspecified atom stereocenters. The first-order valence-corrected chi connectivity index (χ1v) is 5.90. The van der Waals surface area contributed by atoms with Crippen LogP contribution in [-0.4, -0.2) is 9.78 Å². The summed E-state index contributed by atoms with van der Waals surface area (Å²) in [5, 5.41) is 7.59. The Hall–Kier alpha value is -1.61. The molecular formula is C14H19N3. The lowest BCUT2D eigenvalue weighted by Gasteiger charge is -2.07. The Labute approximate surface area is 102 Å². The maximum absolute atomic E-state index is 4.15. The smallest absolute Gasteiger partial charge is 0.0518 e. The number of aromatic nitrogens is 2. The van der Waals surface area contributed by atoms with Gasteiger partial charge in [-0.25, -0.2) is 0 Å². The van der Waals surface area contributed by atoms with Crippen LogP contribution in [0.15, 0.2) is 30.5 Å². The average molecular weight is 229 g/mol. The van der Waals surface area contributed by atoms with Gasteiger partial charge in [0, 0.05) is 26.3 Å². The summed E-state index contributed by atoms with van der Waals surface area (Å²) in [4.78, 5) is 0. The highest BCUT2D eigenvalue weighted by molar-refractivity contribution is 5.28. The van der Waals surface area contributed by atoms with E-state index in [4.69, 9.17) is 0 Å². The first-order valence-electron chi connectivity index (χ1n) is 5.90. The fraction of sp³-hybridized carbons (Fsp3) is 0.357. The molecule has 0 aliphatic carbocycles. The summed E-state index contributed by atoms with van der Waals surface area (Å²) in [5.41, 5.74) is 5.18. The number of nitrogens with zero attached hydrogens (tertiary/aromatic N) is 2. The van der Waals surface area contributed by atoms with Gasteiger partial charge in [-0.15, -0.1) is 0 Å². The highest BCUT2D eigenvalue weighted by Crippen LogP contribution is 2.08. The van der Waals surface area contributed by atoms with Crippen molar-refractivity contribution in [1.82, 2.24) is 15.1 Å². The third-order valence-corrected chi connectivity index (χ3v) is 2.84. The summed E-state index contributed by atoms with van der Waals surface area (Å²) in [6, 6.07) is 8.69. The molecule has 3 heteroatoms. The molecule has 0 saturated carbocycles.